The van der Waals surface area contributed by atoms with Crippen LogP contribution < -0.4 is 10.1 Å². The van der Waals surface area contributed by atoms with Crippen LogP contribution in [0.15, 0.2) is 59.8 Å². The Bertz CT molecular complexity index is 913. The molecule has 8 heteroatoms. The number of hydrogen-bond acceptors (Lipinski definition) is 7. The van der Waals surface area contributed by atoms with E-state index >= 15 is 0 Å². The second-order valence-electron chi connectivity index (χ2n) is 5.97. The van der Waals surface area contributed by atoms with Crippen LogP contribution in [0.4, 0.5) is 5.69 Å². The van der Waals surface area contributed by atoms with Gasteiger partial charge in [-0.05, 0) is 50.2 Å². The molecule has 1 N–H and O–H groups in total. The van der Waals surface area contributed by atoms with Crippen molar-refractivity contribution in [1.29, 1.82) is 0 Å². The molecule has 0 amide bonds. The number of benzene rings is 2. The molecule has 0 aliphatic carbocycles. The van der Waals surface area contributed by atoms with Crippen LogP contribution in [0.2, 0.25) is 0 Å². The average molecular weight is 413 g/mol. The van der Waals surface area contributed by atoms with Crippen LogP contribution in [0.3, 0.4) is 0 Å². The van der Waals surface area contributed by atoms with E-state index in [9.17, 15) is 4.79 Å². The highest BCUT2D eigenvalue weighted by Crippen LogP contribution is 2.23. The minimum atomic E-state index is -0.269. The third kappa shape index (κ3) is 5.74. The molecule has 0 unspecified atom stereocenters. The molecule has 0 radical (unpaired) electrons. The van der Waals surface area contributed by atoms with Gasteiger partial charge in [-0.2, -0.15) is 0 Å². The molecule has 1 aromatic heterocycles. The van der Waals surface area contributed by atoms with Crippen molar-refractivity contribution in [2.24, 2.45) is 0 Å². The predicted octanol–water partition coefficient (Wildman–Crippen LogP) is 3.93. The Morgan fingerprint density at radius 1 is 1.03 bits per heavy atom. The van der Waals surface area contributed by atoms with E-state index in [4.69, 9.17) is 9.47 Å². The Labute approximate surface area is 174 Å². The van der Waals surface area contributed by atoms with Crippen molar-refractivity contribution in [3.8, 4) is 11.4 Å². The minimum absolute atomic E-state index is 0.186. The number of anilines is 1. The highest BCUT2D eigenvalue weighted by Gasteiger charge is 2.16. The third-order valence-corrected chi connectivity index (χ3v) is 4.86. The number of carbonyl (C=O) groups excluding carboxylic acids is 1. The first-order valence-corrected chi connectivity index (χ1v) is 10.4. The second-order valence-corrected chi connectivity index (χ2v) is 6.92. The van der Waals surface area contributed by atoms with E-state index in [1.165, 1.54) is 11.8 Å². The molecule has 1 heterocycles. The number of nitrogens with one attached hydrogen (secondary N) is 1. The van der Waals surface area contributed by atoms with Crippen LogP contribution in [0.5, 0.6) is 5.75 Å². The van der Waals surface area contributed by atoms with Gasteiger partial charge < -0.3 is 14.8 Å². The van der Waals surface area contributed by atoms with Crippen LogP contribution in [-0.2, 0) is 16.1 Å². The molecule has 2 aromatic carbocycles. The highest BCUT2D eigenvalue weighted by molar-refractivity contribution is 7.99. The van der Waals surface area contributed by atoms with Crippen molar-refractivity contribution in [1.82, 2.24) is 14.8 Å². The minimum Gasteiger partial charge on any atom is -0.494 e. The second kappa shape index (κ2) is 10.5. The molecule has 0 aliphatic heterocycles. The van der Waals surface area contributed by atoms with E-state index in [0.717, 1.165) is 22.9 Å². The fraction of sp³-hybridized carbons (Fsp3) is 0.286. The largest absolute Gasteiger partial charge is 0.494 e. The van der Waals surface area contributed by atoms with Crippen LogP contribution >= 0.6 is 11.8 Å². The van der Waals surface area contributed by atoms with Crippen molar-refractivity contribution in [3.63, 3.8) is 0 Å². The van der Waals surface area contributed by atoms with Gasteiger partial charge in [0.25, 0.3) is 0 Å². The van der Waals surface area contributed by atoms with Gasteiger partial charge in [-0.15, -0.1) is 10.2 Å². The molecule has 0 bridgehead atoms. The monoisotopic (exact) mass is 412 g/mol. The maximum atomic E-state index is 11.7. The summed E-state index contributed by atoms with van der Waals surface area (Å²) in [5.41, 5.74) is 1.89. The number of hydrogen-bond donors (Lipinski definition) is 1. The highest BCUT2D eigenvalue weighted by atomic mass is 32.2. The first-order chi connectivity index (χ1) is 14.2. The number of nitrogens with zero attached hydrogens (tertiary/aromatic N) is 3. The Morgan fingerprint density at radius 3 is 2.48 bits per heavy atom. The number of carbonyl (C=O) groups is 1. The van der Waals surface area contributed by atoms with Gasteiger partial charge in [-0.1, -0.05) is 30.0 Å². The topological polar surface area (TPSA) is 78.3 Å². The smallest absolute Gasteiger partial charge is 0.316 e. The molecular formula is C21H24N4O3S. The van der Waals surface area contributed by atoms with Gasteiger partial charge in [0.1, 0.15) is 5.75 Å². The number of rotatable bonds is 10. The summed E-state index contributed by atoms with van der Waals surface area (Å²) in [5.74, 6) is 1.50. The van der Waals surface area contributed by atoms with E-state index in [0.29, 0.717) is 24.9 Å². The van der Waals surface area contributed by atoms with Gasteiger partial charge in [-0.3, -0.25) is 9.36 Å². The van der Waals surface area contributed by atoms with Gasteiger partial charge in [-0.25, -0.2) is 0 Å². The summed E-state index contributed by atoms with van der Waals surface area (Å²) < 4.78 is 12.4. The average Bonchev–Trinajstić information content (AvgIpc) is 3.16. The number of aromatic nitrogens is 3. The Hall–Kier alpha value is -3.00. The Balaban J connectivity index is 1.76. The van der Waals surface area contributed by atoms with Crippen molar-refractivity contribution >= 4 is 23.4 Å². The summed E-state index contributed by atoms with van der Waals surface area (Å²) in [5, 5.41) is 12.6. The fourth-order valence-corrected chi connectivity index (χ4v) is 3.46. The van der Waals surface area contributed by atoms with Gasteiger partial charge in [0.2, 0.25) is 0 Å². The van der Waals surface area contributed by atoms with Crippen molar-refractivity contribution in [2.45, 2.75) is 25.5 Å². The lowest BCUT2D eigenvalue weighted by molar-refractivity contribution is -0.139. The molecule has 0 fully saturated rings. The van der Waals surface area contributed by atoms with E-state index in [1.807, 2.05) is 66.1 Å². The molecule has 0 saturated carbocycles. The molecule has 152 valence electrons. The quantitative estimate of drug-likeness (QED) is 0.399. The Morgan fingerprint density at radius 2 is 1.79 bits per heavy atom. The first kappa shape index (κ1) is 20.7. The number of para-hydroxylation sites is 1. The summed E-state index contributed by atoms with van der Waals surface area (Å²) in [6.45, 7) is 5.23. The van der Waals surface area contributed by atoms with E-state index in [-0.39, 0.29) is 11.7 Å². The van der Waals surface area contributed by atoms with E-state index in [2.05, 4.69) is 15.5 Å². The lowest BCUT2D eigenvalue weighted by Crippen LogP contribution is -2.10. The van der Waals surface area contributed by atoms with Crippen molar-refractivity contribution in [3.05, 3.63) is 60.4 Å². The fourth-order valence-electron chi connectivity index (χ4n) is 2.69. The molecule has 0 aliphatic rings. The lowest BCUT2D eigenvalue weighted by atomic mass is 10.3. The summed E-state index contributed by atoms with van der Waals surface area (Å²) in [6.07, 6.45) is 0. The van der Waals surface area contributed by atoms with Gasteiger partial charge in [0.15, 0.2) is 11.0 Å². The summed E-state index contributed by atoms with van der Waals surface area (Å²) >= 11 is 1.31. The number of esters is 1. The molecule has 0 saturated heterocycles. The van der Waals surface area contributed by atoms with Crippen LogP contribution in [0.1, 0.15) is 19.7 Å². The maximum absolute atomic E-state index is 11.7. The summed E-state index contributed by atoms with van der Waals surface area (Å²) in [4.78, 5) is 11.7. The van der Waals surface area contributed by atoms with Crippen molar-refractivity contribution < 1.29 is 14.3 Å². The molecule has 0 atom stereocenters. The predicted molar refractivity (Wildman–Crippen MR) is 114 cm³/mol. The van der Waals surface area contributed by atoms with Gasteiger partial charge in [0, 0.05) is 11.4 Å². The number of ether oxygens (including phenoxy) is 2. The standard InChI is InChI=1S/C21H24N4O3S/c1-3-27-18-12-10-16(11-13-18)22-14-19-23-24-21(29-15-20(26)28-4-2)25(19)17-8-6-5-7-9-17/h5-13,22H,3-4,14-15H2,1-2H3. The normalized spacial score (nSPS) is 10.6. The maximum Gasteiger partial charge on any atom is 0.316 e. The zero-order chi connectivity index (χ0) is 20.5. The van der Waals surface area contributed by atoms with Crippen molar-refractivity contribution in [2.75, 3.05) is 24.3 Å². The molecular weight excluding hydrogens is 388 g/mol. The molecule has 0 spiro atoms. The first-order valence-electron chi connectivity index (χ1n) is 9.46. The zero-order valence-electron chi connectivity index (χ0n) is 16.5. The summed E-state index contributed by atoms with van der Waals surface area (Å²) in [7, 11) is 0. The molecule has 3 aromatic rings. The SMILES string of the molecule is CCOC(=O)CSc1nnc(CNc2ccc(OCC)cc2)n1-c1ccccc1. The zero-order valence-corrected chi connectivity index (χ0v) is 17.3. The number of thioether (sulfide) groups is 1. The molecule has 29 heavy (non-hydrogen) atoms. The van der Waals surface area contributed by atoms with Gasteiger partial charge in [0.05, 0.1) is 25.5 Å². The van der Waals surface area contributed by atoms with E-state index in [1.54, 1.807) is 6.92 Å². The molecule has 3 rings (SSSR count). The van der Waals surface area contributed by atoms with Crippen LogP contribution in [0.25, 0.3) is 5.69 Å². The Kier molecular flexibility index (Phi) is 7.52. The van der Waals surface area contributed by atoms with Gasteiger partial charge >= 0.3 is 5.97 Å². The molecule has 7 nitrogen and oxygen atoms in total. The van der Waals surface area contributed by atoms with Crippen LogP contribution in [0, 0.1) is 0 Å². The lowest BCUT2D eigenvalue weighted by Gasteiger charge is -2.11. The van der Waals surface area contributed by atoms with Crippen LogP contribution in [-0.4, -0.2) is 39.7 Å². The third-order valence-electron chi connectivity index (χ3n) is 3.96. The summed E-state index contributed by atoms with van der Waals surface area (Å²) in [6, 6.07) is 17.6. The van der Waals surface area contributed by atoms with E-state index < -0.39 is 0 Å².